The molecule has 1 aromatic heterocycles. The van der Waals surface area contributed by atoms with Gasteiger partial charge in [-0.15, -0.1) is 0 Å². The third-order valence-electron chi connectivity index (χ3n) is 4.23. The highest BCUT2D eigenvalue weighted by atomic mass is 16.4. The number of aromatic carboxylic acids is 1. The second-order valence-corrected chi connectivity index (χ2v) is 5.79. The maximum atomic E-state index is 11.2. The minimum absolute atomic E-state index is 0.261. The van der Waals surface area contributed by atoms with Gasteiger partial charge in [0.2, 0.25) is 0 Å². The van der Waals surface area contributed by atoms with Crippen molar-refractivity contribution in [3.63, 3.8) is 0 Å². The molecule has 0 amide bonds. The van der Waals surface area contributed by atoms with Gasteiger partial charge in [0, 0.05) is 17.9 Å². The minimum Gasteiger partial charge on any atom is -0.478 e. The molecule has 1 aliphatic rings. The summed E-state index contributed by atoms with van der Waals surface area (Å²) in [5.74, 6) is 0.519. The smallest absolute Gasteiger partial charge is 0.339 e. The van der Waals surface area contributed by atoms with E-state index in [1.54, 1.807) is 0 Å². The molecule has 19 heavy (non-hydrogen) atoms. The molecule has 1 aromatic rings. The molecule has 3 atom stereocenters. The lowest BCUT2D eigenvalue weighted by Crippen LogP contribution is -2.31. The number of anilines is 1. The molecule has 2 rings (SSSR count). The summed E-state index contributed by atoms with van der Waals surface area (Å²) in [5, 5.41) is 12.6. The maximum Gasteiger partial charge on any atom is 0.339 e. The molecule has 0 saturated heterocycles. The van der Waals surface area contributed by atoms with Crippen LogP contribution in [0.15, 0.2) is 12.3 Å². The van der Waals surface area contributed by atoms with E-state index < -0.39 is 5.97 Å². The quantitative estimate of drug-likeness (QED) is 0.877. The summed E-state index contributed by atoms with van der Waals surface area (Å²) < 4.78 is 0. The van der Waals surface area contributed by atoms with Gasteiger partial charge >= 0.3 is 5.97 Å². The van der Waals surface area contributed by atoms with Gasteiger partial charge in [0.1, 0.15) is 5.56 Å². The van der Waals surface area contributed by atoms with Crippen molar-refractivity contribution < 1.29 is 9.90 Å². The van der Waals surface area contributed by atoms with Crippen molar-refractivity contribution in [2.24, 2.45) is 11.8 Å². The van der Waals surface area contributed by atoms with E-state index in [1.807, 2.05) is 13.0 Å². The maximum absolute atomic E-state index is 11.2. The van der Waals surface area contributed by atoms with E-state index in [0.717, 1.165) is 24.5 Å². The van der Waals surface area contributed by atoms with E-state index in [-0.39, 0.29) is 5.56 Å². The summed E-state index contributed by atoms with van der Waals surface area (Å²) in [6, 6.07) is 2.19. The molecule has 4 heteroatoms. The highest BCUT2D eigenvalue weighted by Crippen LogP contribution is 2.31. The normalized spacial score (nSPS) is 27.0. The summed E-state index contributed by atoms with van der Waals surface area (Å²) in [6.45, 7) is 6.44. The van der Waals surface area contributed by atoms with Crippen LogP contribution in [0.3, 0.4) is 0 Å². The number of carboxylic acids is 1. The van der Waals surface area contributed by atoms with Crippen LogP contribution in [0.2, 0.25) is 0 Å². The number of nitrogens with zero attached hydrogens (tertiary/aromatic N) is 1. The summed E-state index contributed by atoms with van der Waals surface area (Å²) in [7, 11) is 0. The molecular weight excluding hydrogens is 240 g/mol. The number of carboxylic acid groups (broad SMARTS) is 1. The topological polar surface area (TPSA) is 62.2 Å². The van der Waals surface area contributed by atoms with Crippen molar-refractivity contribution >= 4 is 11.7 Å². The zero-order chi connectivity index (χ0) is 14.0. The van der Waals surface area contributed by atoms with E-state index in [2.05, 4.69) is 24.1 Å². The van der Waals surface area contributed by atoms with E-state index >= 15 is 0 Å². The van der Waals surface area contributed by atoms with Gasteiger partial charge in [-0.25, -0.2) is 4.79 Å². The average molecular weight is 262 g/mol. The summed E-state index contributed by atoms with van der Waals surface area (Å²) in [6.07, 6.45) is 4.84. The van der Waals surface area contributed by atoms with Crippen LogP contribution < -0.4 is 5.32 Å². The first-order valence-electron chi connectivity index (χ1n) is 6.94. The van der Waals surface area contributed by atoms with Gasteiger partial charge in [0.15, 0.2) is 0 Å². The van der Waals surface area contributed by atoms with Gasteiger partial charge in [-0.2, -0.15) is 0 Å². The number of nitrogens with one attached hydrogen (secondary N) is 1. The monoisotopic (exact) mass is 262 g/mol. The molecule has 0 aromatic carbocycles. The minimum atomic E-state index is -0.924. The summed E-state index contributed by atoms with van der Waals surface area (Å²) in [4.78, 5) is 15.3. The average Bonchev–Trinajstić information content (AvgIpc) is 2.33. The highest BCUT2D eigenvalue weighted by molar-refractivity contribution is 5.93. The van der Waals surface area contributed by atoms with Crippen molar-refractivity contribution in [2.45, 2.75) is 46.1 Å². The zero-order valence-corrected chi connectivity index (χ0v) is 11.8. The van der Waals surface area contributed by atoms with Crippen molar-refractivity contribution in [3.8, 4) is 0 Å². The Morgan fingerprint density at radius 2 is 2.11 bits per heavy atom. The molecule has 0 spiro atoms. The molecule has 2 N–H and O–H groups in total. The number of carbonyl (C=O) groups is 1. The van der Waals surface area contributed by atoms with Crippen molar-refractivity contribution in [1.29, 1.82) is 0 Å². The largest absolute Gasteiger partial charge is 0.478 e. The lowest BCUT2D eigenvalue weighted by molar-refractivity contribution is 0.0697. The fraction of sp³-hybridized carbons (Fsp3) is 0.600. The summed E-state index contributed by atoms with van der Waals surface area (Å²) >= 11 is 0. The third kappa shape index (κ3) is 3.25. The number of aromatic nitrogens is 1. The number of pyridine rings is 1. The van der Waals surface area contributed by atoms with Gasteiger partial charge in [0.05, 0.1) is 5.69 Å². The Kier molecular flexibility index (Phi) is 4.08. The van der Waals surface area contributed by atoms with E-state index in [0.29, 0.717) is 17.6 Å². The second-order valence-electron chi connectivity index (χ2n) is 5.79. The van der Waals surface area contributed by atoms with Crippen LogP contribution in [-0.4, -0.2) is 22.1 Å². The Hall–Kier alpha value is -1.58. The van der Waals surface area contributed by atoms with E-state index in [9.17, 15) is 9.90 Å². The van der Waals surface area contributed by atoms with Crippen LogP contribution in [0.4, 0.5) is 5.69 Å². The first kappa shape index (κ1) is 13.8. The molecule has 1 heterocycles. The van der Waals surface area contributed by atoms with Gasteiger partial charge in [-0.05, 0) is 44.1 Å². The molecule has 0 radical (unpaired) electrons. The number of rotatable bonds is 3. The van der Waals surface area contributed by atoms with E-state index in [1.165, 1.54) is 12.6 Å². The molecule has 4 nitrogen and oxygen atoms in total. The van der Waals surface area contributed by atoms with Crippen molar-refractivity contribution in [1.82, 2.24) is 4.98 Å². The zero-order valence-electron chi connectivity index (χ0n) is 11.8. The lowest BCUT2D eigenvalue weighted by atomic mass is 9.79. The van der Waals surface area contributed by atoms with Crippen LogP contribution in [0.25, 0.3) is 0 Å². The van der Waals surface area contributed by atoms with Crippen LogP contribution in [0, 0.1) is 18.8 Å². The number of hydrogen-bond acceptors (Lipinski definition) is 3. The Labute approximate surface area is 114 Å². The van der Waals surface area contributed by atoms with Crippen LogP contribution >= 0.6 is 0 Å². The van der Waals surface area contributed by atoms with Crippen molar-refractivity contribution in [2.75, 3.05) is 5.32 Å². The second kappa shape index (κ2) is 5.59. The molecule has 1 aliphatic carbocycles. The standard InChI is InChI=1S/C15H22N2O2/c1-9-4-5-12(6-10(9)2)17-14-7-11(3)16-8-13(14)15(18)19/h7-10,12H,4-6H2,1-3H3,(H,16,17)(H,18,19). The molecule has 3 unspecified atom stereocenters. The van der Waals surface area contributed by atoms with E-state index in [4.69, 9.17) is 0 Å². The molecule has 1 saturated carbocycles. The molecule has 104 valence electrons. The van der Waals surface area contributed by atoms with Gasteiger partial charge in [-0.3, -0.25) is 4.98 Å². The number of aryl methyl sites for hydroxylation is 1. The fourth-order valence-corrected chi connectivity index (χ4v) is 2.75. The number of hydrogen-bond donors (Lipinski definition) is 2. The summed E-state index contributed by atoms with van der Waals surface area (Å²) in [5.41, 5.74) is 1.80. The molecule has 1 fully saturated rings. The Bertz CT molecular complexity index is 473. The molecule has 0 bridgehead atoms. The highest BCUT2D eigenvalue weighted by Gasteiger charge is 2.25. The Morgan fingerprint density at radius 3 is 2.74 bits per heavy atom. The Morgan fingerprint density at radius 1 is 1.37 bits per heavy atom. The van der Waals surface area contributed by atoms with Crippen LogP contribution in [0.5, 0.6) is 0 Å². The SMILES string of the molecule is Cc1cc(NC2CCC(C)C(C)C2)c(C(=O)O)cn1. The van der Waals surface area contributed by atoms with Crippen LogP contribution in [-0.2, 0) is 0 Å². The molecule has 0 aliphatic heterocycles. The molecular formula is C15H22N2O2. The lowest BCUT2D eigenvalue weighted by Gasteiger charge is -2.33. The predicted octanol–water partition coefficient (Wildman–Crippen LogP) is 3.32. The fourth-order valence-electron chi connectivity index (χ4n) is 2.75. The van der Waals surface area contributed by atoms with Gasteiger partial charge in [-0.1, -0.05) is 13.8 Å². The third-order valence-corrected chi connectivity index (χ3v) is 4.23. The van der Waals surface area contributed by atoms with Crippen LogP contribution in [0.1, 0.15) is 49.2 Å². The van der Waals surface area contributed by atoms with Gasteiger partial charge in [0.25, 0.3) is 0 Å². The van der Waals surface area contributed by atoms with Gasteiger partial charge < -0.3 is 10.4 Å². The first-order valence-corrected chi connectivity index (χ1v) is 6.94. The first-order chi connectivity index (χ1) is 8.97. The predicted molar refractivity (Wildman–Crippen MR) is 75.5 cm³/mol. The Balaban J connectivity index is 2.14. The van der Waals surface area contributed by atoms with Crippen molar-refractivity contribution in [3.05, 3.63) is 23.5 Å².